The lowest BCUT2D eigenvalue weighted by Gasteiger charge is -2.23. The van der Waals surface area contributed by atoms with E-state index in [1.165, 1.54) is 0 Å². The van der Waals surface area contributed by atoms with Gasteiger partial charge in [-0.1, -0.05) is 12.1 Å². The number of nitrogens with one attached hydrogen (secondary N) is 1. The molecular weight excluding hydrogens is 404 g/mol. The standard InChI is InChI=1S/C26H26N2O4/c1-17-14-21-5-4-18(16-27-25(29)19-6-10-22(31-2)11-7-19)15-24(21)28(17)26(30)20-8-12-23(32-3)13-9-20/h4-13,15,17H,14,16H2,1-3H3,(H,27,29). The minimum Gasteiger partial charge on any atom is -0.497 e. The lowest BCUT2D eigenvalue weighted by molar-refractivity contribution is 0.0948. The van der Waals surface area contributed by atoms with Crippen LogP contribution in [0.15, 0.2) is 66.7 Å². The number of amides is 2. The molecule has 1 unspecified atom stereocenters. The van der Waals surface area contributed by atoms with Crippen LogP contribution in [0.5, 0.6) is 11.5 Å². The van der Waals surface area contributed by atoms with Crippen LogP contribution in [-0.2, 0) is 13.0 Å². The summed E-state index contributed by atoms with van der Waals surface area (Å²) < 4.78 is 10.3. The Hall–Kier alpha value is -3.80. The molecule has 3 aromatic carbocycles. The molecule has 1 N–H and O–H groups in total. The molecule has 0 spiro atoms. The Morgan fingerprint density at radius 2 is 1.50 bits per heavy atom. The number of hydrogen-bond donors (Lipinski definition) is 1. The van der Waals surface area contributed by atoms with Gasteiger partial charge in [0.15, 0.2) is 0 Å². The highest BCUT2D eigenvalue weighted by Crippen LogP contribution is 2.34. The average molecular weight is 431 g/mol. The van der Waals surface area contributed by atoms with E-state index in [2.05, 4.69) is 5.32 Å². The van der Waals surface area contributed by atoms with Gasteiger partial charge in [-0.15, -0.1) is 0 Å². The molecule has 1 aliphatic rings. The number of ether oxygens (including phenoxy) is 2. The van der Waals surface area contributed by atoms with E-state index < -0.39 is 0 Å². The predicted molar refractivity (Wildman–Crippen MR) is 124 cm³/mol. The van der Waals surface area contributed by atoms with Crippen molar-refractivity contribution in [1.82, 2.24) is 5.32 Å². The predicted octanol–water partition coefficient (Wildman–Crippen LogP) is 4.23. The van der Waals surface area contributed by atoms with Crippen LogP contribution in [0, 0.1) is 0 Å². The van der Waals surface area contributed by atoms with Crippen molar-refractivity contribution in [2.45, 2.75) is 25.9 Å². The van der Waals surface area contributed by atoms with Gasteiger partial charge in [-0.3, -0.25) is 9.59 Å². The van der Waals surface area contributed by atoms with E-state index in [-0.39, 0.29) is 17.9 Å². The molecule has 4 rings (SSSR count). The molecule has 1 atom stereocenters. The molecule has 0 bridgehead atoms. The fourth-order valence-corrected chi connectivity index (χ4v) is 3.97. The third kappa shape index (κ3) is 4.30. The number of nitrogens with zero attached hydrogens (tertiary/aromatic N) is 1. The van der Waals surface area contributed by atoms with Crippen molar-refractivity contribution < 1.29 is 19.1 Å². The molecule has 0 saturated heterocycles. The van der Waals surface area contributed by atoms with Crippen molar-refractivity contribution in [2.24, 2.45) is 0 Å². The zero-order valence-corrected chi connectivity index (χ0v) is 18.4. The maximum atomic E-state index is 13.2. The smallest absolute Gasteiger partial charge is 0.258 e. The summed E-state index contributed by atoms with van der Waals surface area (Å²) in [4.78, 5) is 27.6. The van der Waals surface area contributed by atoms with Crippen molar-refractivity contribution in [3.05, 3.63) is 89.0 Å². The summed E-state index contributed by atoms with van der Waals surface area (Å²) >= 11 is 0. The first-order valence-electron chi connectivity index (χ1n) is 10.5. The molecule has 6 heteroatoms. The van der Waals surface area contributed by atoms with Gasteiger partial charge in [-0.25, -0.2) is 0 Å². The molecule has 0 aliphatic carbocycles. The highest BCUT2D eigenvalue weighted by atomic mass is 16.5. The average Bonchev–Trinajstić information content (AvgIpc) is 3.17. The van der Waals surface area contributed by atoms with Crippen LogP contribution >= 0.6 is 0 Å². The monoisotopic (exact) mass is 430 g/mol. The lowest BCUT2D eigenvalue weighted by atomic mass is 10.1. The van der Waals surface area contributed by atoms with Crippen molar-refractivity contribution in [3.8, 4) is 11.5 Å². The Balaban J connectivity index is 1.49. The first kappa shape index (κ1) is 21.4. The molecule has 0 aromatic heterocycles. The zero-order valence-electron chi connectivity index (χ0n) is 18.4. The van der Waals surface area contributed by atoms with Crippen LogP contribution in [0.2, 0.25) is 0 Å². The van der Waals surface area contributed by atoms with Gasteiger partial charge in [-0.2, -0.15) is 0 Å². The summed E-state index contributed by atoms with van der Waals surface area (Å²) in [6.45, 7) is 2.42. The van der Waals surface area contributed by atoms with E-state index >= 15 is 0 Å². The summed E-state index contributed by atoms with van der Waals surface area (Å²) in [6, 6.07) is 20.2. The number of carbonyl (C=O) groups excluding carboxylic acids is 2. The number of carbonyl (C=O) groups is 2. The SMILES string of the molecule is COc1ccc(C(=O)NCc2ccc3c(c2)N(C(=O)c2ccc(OC)cc2)C(C)C3)cc1. The topological polar surface area (TPSA) is 67.9 Å². The third-order valence-corrected chi connectivity index (χ3v) is 5.73. The summed E-state index contributed by atoms with van der Waals surface area (Å²) in [7, 11) is 3.19. The number of anilines is 1. The fourth-order valence-electron chi connectivity index (χ4n) is 3.97. The van der Waals surface area contributed by atoms with Gasteiger partial charge < -0.3 is 19.7 Å². The summed E-state index contributed by atoms with van der Waals surface area (Å²) in [5, 5.41) is 2.95. The maximum absolute atomic E-state index is 13.2. The zero-order chi connectivity index (χ0) is 22.7. The molecular formula is C26H26N2O4. The lowest BCUT2D eigenvalue weighted by Crippen LogP contribution is -2.35. The van der Waals surface area contributed by atoms with E-state index in [0.717, 1.165) is 23.2 Å². The van der Waals surface area contributed by atoms with Crippen LogP contribution < -0.4 is 19.7 Å². The Morgan fingerprint density at radius 1 is 0.906 bits per heavy atom. The van der Waals surface area contributed by atoms with Crippen LogP contribution in [-0.4, -0.2) is 32.1 Å². The first-order chi connectivity index (χ1) is 15.5. The molecule has 0 radical (unpaired) electrons. The van der Waals surface area contributed by atoms with Crippen LogP contribution in [0.3, 0.4) is 0 Å². The van der Waals surface area contributed by atoms with Crippen molar-refractivity contribution in [3.63, 3.8) is 0 Å². The largest absolute Gasteiger partial charge is 0.497 e. The molecule has 6 nitrogen and oxygen atoms in total. The van der Waals surface area contributed by atoms with E-state index in [4.69, 9.17) is 9.47 Å². The first-order valence-corrected chi connectivity index (χ1v) is 10.5. The Kier molecular flexibility index (Phi) is 6.12. The number of fused-ring (bicyclic) bond motifs is 1. The van der Waals surface area contributed by atoms with E-state index in [9.17, 15) is 9.59 Å². The maximum Gasteiger partial charge on any atom is 0.258 e. The van der Waals surface area contributed by atoms with Crippen molar-refractivity contribution >= 4 is 17.5 Å². The molecule has 0 saturated carbocycles. The number of rotatable bonds is 6. The molecule has 3 aromatic rings. The summed E-state index contributed by atoms with van der Waals surface area (Å²) in [5.74, 6) is 1.22. The number of methoxy groups -OCH3 is 2. The van der Waals surface area contributed by atoms with Gasteiger partial charge in [0.1, 0.15) is 11.5 Å². The van der Waals surface area contributed by atoms with Gasteiger partial charge in [0.2, 0.25) is 0 Å². The van der Waals surface area contributed by atoms with Gasteiger partial charge in [0, 0.05) is 29.4 Å². The molecule has 1 aliphatic heterocycles. The highest BCUT2D eigenvalue weighted by molar-refractivity contribution is 6.07. The minimum absolute atomic E-state index is 0.0432. The van der Waals surface area contributed by atoms with Gasteiger partial charge >= 0.3 is 0 Å². The van der Waals surface area contributed by atoms with Crippen molar-refractivity contribution in [1.29, 1.82) is 0 Å². The van der Waals surface area contributed by atoms with Crippen LogP contribution in [0.1, 0.15) is 38.8 Å². The van der Waals surface area contributed by atoms with Crippen molar-refractivity contribution in [2.75, 3.05) is 19.1 Å². The van der Waals surface area contributed by atoms with E-state index in [1.54, 1.807) is 62.8 Å². The third-order valence-electron chi connectivity index (χ3n) is 5.73. The molecule has 2 amide bonds. The van der Waals surface area contributed by atoms with Crippen LogP contribution in [0.4, 0.5) is 5.69 Å². The summed E-state index contributed by atoms with van der Waals surface area (Å²) in [6.07, 6.45) is 0.801. The van der Waals surface area contributed by atoms with Gasteiger partial charge in [0.05, 0.1) is 14.2 Å². The van der Waals surface area contributed by atoms with E-state index in [0.29, 0.717) is 29.2 Å². The van der Waals surface area contributed by atoms with Gasteiger partial charge in [-0.05, 0) is 79.1 Å². The number of hydrogen-bond acceptors (Lipinski definition) is 4. The Labute approximate surface area is 187 Å². The minimum atomic E-state index is -0.160. The second kappa shape index (κ2) is 9.14. The summed E-state index contributed by atoms with van der Waals surface area (Å²) in [5.41, 5.74) is 4.15. The quantitative estimate of drug-likeness (QED) is 0.636. The van der Waals surface area contributed by atoms with Gasteiger partial charge in [0.25, 0.3) is 11.8 Å². The molecule has 32 heavy (non-hydrogen) atoms. The highest BCUT2D eigenvalue weighted by Gasteiger charge is 2.31. The Bertz CT molecular complexity index is 1120. The van der Waals surface area contributed by atoms with E-state index in [1.807, 2.05) is 30.0 Å². The molecule has 1 heterocycles. The van der Waals surface area contributed by atoms with Crippen LogP contribution in [0.25, 0.3) is 0 Å². The molecule has 164 valence electrons. The molecule has 0 fully saturated rings. The number of benzene rings is 3. The Morgan fingerprint density at radius 3 is 2.09 bits per heavy atom. The second-order valence-electron chi connectivity index (χ2n) is 7.83. The normalized spacial score (nSPS) is 14.6. The second-order valence-corrected chi connectivity index (χ2v) is 7.83. The fraction of sp³-hybridized carbons (Fsp3) is 0.231.